The van der Waals surface area contributed by atoms with Crippen molar-refractivity contribution in [1.29, 1.82) is 0 Å². The van der Waals surface area contributed by atoms with Crippen molar-refractivity contribution < 1.29 is 9.84 Å². The van der Waals surface area contributed by atoms with E-state index in [1.54, 1.807) is 18.2 Å². The number of rotatable bonds is 1. The largest absolute Gasteiger partial charge is 0.507 e. The highest BCUT2D eigenvalue weighted by molar-refractivity contribution is 5.97. The van der Waals surface area contributed by atoms with Gasteiger partial charge in [0.1, 0.15) is 5.75 Å². The average molecular weight is 189 g/mol. The van der Waals surface area contributed by atoms with Crippen molar-refractivity contribution in [3.8, 4) is 11.5 Å². The third kappa shape index (κ3) is 1.14. The first-order valence-electron chi connectivity index (χ1n) is 4.28. The third-order valence-electron chi connectivity index (χ3n) is 2.21. The number of hydrogen-bond donors (Lipinski definition) is 2. The van der Waals surface area contributed by atoms with Crippen molar-refractivity contribution in [1.82, 2.24) is 0 Å². The maximum Gasteiger partial charge on any atom is 0.153 e. The third-order valence-corrected chi connectivity index (χ3v) is 2.21. The SMILES string of the molecule is COc1c(N)ccc2cccc(O)c12. The van der Waals surface area contributed by atoms with Gasteiger partial charge < -0.3 is 15.6 Å². The zero-order chi connectivity index (χ0) is 10.1. The number of nitrogens with two attached hydrogens (primary N) is 1. The number of aromatic hydroxyl groups is 1. The van der Waals surface area contributed by atoms with Gasteiger partial charge in [-0.15, -0.1) is 0 Å². The zero-order valence-corrected chi connectivity index (χ0v) is 7.82. The molecule has 0 aliphatic rings. The van der Waals surface area contributed by atoms with Crippen LogP contribution < -0.4 is 10.5 Å². The number of phenols is 1. The van der Waals surface area contributed by atoms with Gasteiger partial charge in [0, 0.05) is 0 Å². The lowest BCUT2D eigenvalue weighted by molar-refractivity contribution is 0.418. The second-order valence-electron chi connectivity index (χ2n) is 3.06. The van der Waals surface area contributed by atoms with Crippen LogP contribution in [0.2, 0.25) is 0 Å². The van der Waals surface area contributed by atoms with E-state index in [0.717, 1.165) is 5.39 Å². The summed E-state index contributed by atoms with van der Waals surface area (Å²) in [4.78, 5) is 0. The van der Waals surface area contributed by atoms with Crippen LogP contribution in [0.5, 0.6) is 11.5 Å². The molecule has 0 aromatic heterocycles. The summed E-state index contributed by atoms with van der Waals surface area (Å²) in [6.07, 6.45) is 0. The molecule has 0 unspecified atom stereocenters. The van der Waals surface area contributed by atoms with Gasteiger partial charge in [-0.25, -0.2) is 0 Å². The van der Waals surface area contributed by atoms with E-state index in [1.807, 2.05) is 12.1 Å². The number of fused-ring (bicyclic) bond motifs is 1. The van der Waals surface area contributed by atoms with Crippen LogP contribution in [0.3, 0.4) is 0 Å². The smallest absolute Gasteiger partial charge is 0.153 e. The summed E-state index contributed by atoms with van der Waals surface area (Å²) in [5, 5.41) is 11.2. The minimum absolute atomic E-state index is 0.187. The lowest BCUT2D eigenvalue weighted by Gasteiger charge is -2.09. The molecule has 2 aromatic rings. The van der Waals surface area contributed by atoms with Gasteiger partial charge in [0.05, 0.1) is 18.2 Å². The van der Waals surface area contributed by atoms with E-state index in [-0.39, 0.29) is 5.75 Å². The molecule has 14 heavy (non-hydrogen) atoms. The molecule has 0 aliphatic carbocycles. The first kappa shape index (κ1) is 8.69. The Morgan fingerprint density at radius 2 is 2.00 bits per heavy atom. The number of anilines is 1. The predicted octanol–water partition coefficient (Wildman–Crippen LogP) is 2.14. The fraction of sp³-hybridized carbons (Fsp3) is 0.0909. The van der Waals surface area contributed by atoms with Crippen LogP contribution >= 0.6 is 0 Å². The van der Waals surface area contributed by atoms with Crippen LogP contribution in [0, 0.1) is 0 Å². The van der Waals surface area contributed by atoms with Crippen molar-refractivity contribution in [3.63, 3.8) is 0 Å². The fourth-order valence-corrected chi connectivity index (χ4v) is 1.56. The highest BCUT2D eigenvalue weighted by Crippen LogP contribution is 2.37. The van der Waals surface area contributed by atoms with E-state index in [2.05, 4.69) is 0 Å². The van der Waals surface area contributed by atoms with E-state index in [0.29, 0.717) is 16.8 Å². The molecule has 3 heteroatoms. The molecule has 2 aromatic carbocycles. The maximum absolute atomic E-state index is 9.67. The Morgan fingerprint density at radius 3 is 2.71 bits per heavy atom. The molecular weight excluding hydrogens is 178 g/mol. The first-order chi connectivity index (χ1) is 6.74. The van der Waals surface area contributed by atoms with Gasteiger partial charge in [0.2, 0.25) is 0 Å². The van der Waals surface area contributed by atoms with Crippen LogP contribution in [0.15, 0.2) is 30.3 Å². The molecule has 0 saturated heterocycles. The number of hydrogen-bond acceptors (Lipinski definition) is 3. The highest BCUT2D eigenvalue weighted by Gasteiger charge is 2.08. The number of nitrogen functional groups attached to an aromatic ring is 1. The lowest BCUT2D eigenvalue weighted by Crippen LogP contribution is -1.93. The molecule has 0 saturated carbocycles. The second-order valence-corrected chi connectivity index (χ2v) is 3.06. The van der Waals surface area contributed by atoms with Gasteiger partial charge in [-0.1, -0.05) is 18.2 Å². The summed E-state index contributed by atoms with van der Waals surface area (Å²) in [6.45, 7) is 0. The van der Waals surface area contributed by atoms with Gasteiger partial charge in [-0.2, -0.15) is 0 Å². The Labute approximate surface area is 81.7 Å². The van der Waals surface area contributed by atoms with Crippen LogP contribution in [0.25, 0.3) is 10.8 Å². The topological polar surface area (TPSA) is 55.5 Å². The normalized spacial score (nSPS) is 10.4. The minimum Gasteiger partial charge on any atom is -0.507 e. The van der Waals surface area contributed by atoms with E-state index in [9.17, 15) is 5.11 Å². The van der Waals surface area contributed by atoms with Gasteiger partial charge in [0.15, 0.2) is 5.75 Å². The van der Waals surface area contributed by atoms with E-state index in [4.69, 9.17) is 10.5 Å². The van der Waals surface area contributed by atoms with Crippen molar-refractivity contribution in [2.45, 2.75) is 0 Å². The summed E-state index contributed by atoms with van der Waals surface area (Å²) in [5.41, 5.74) is 6.26. The van der Waals surface area contributed by atoms with Crippen molar-refractivity contribution >= 4 is 16.5 Å². The Kier molecular flexibility index (Phi) is 1.93. The van der Waals surface area contributed by atoms with Crippen LogP contribution in [0.4, 0.5) is 5.69 Å². The molecule has 0 aliphatic heterocycles. The molecule has 0 spiro atoms. The standard InChI is InChI=1S/C11H11NO2/c1-14-11-8(12)6-5-7-3-2-4-9(13)10(7)11/h2-6,13H,12H2,1H3. The summed E-state index contributed by atoms with van der Waals surface area (Å²) in [7, 11) is 1.54. The quantitative estimate of drug-likeness (QED) is 0.676. The minimum atomic E-state index is 0.187. The van der Waals surface area contributed by atoms with Crippen LogP contribution in [-0.2, 0) is 0 Å². The monoisotopic (exact) mass is 189 g/mol. The number of ether oxygens (including phenoxy) is 1. The second kappa shape index (κ2) is 3.10. The van der Waals surface area contributed by atoms with Gasteiger partial charge in [-0.05, 0) is 17.5 Å². The molecule has 0 bridgehead atoms. The van der Waals surface area contributed by atoms with Crippen molar-refractivity contribution in [3.05, 3.63) is 30.3 Å². The summed E-state index contributed by atoms with van der Waals surface area (Å²) in [6, 6.07) is 8.92. The van der Waals surface area contributed by atoms with E-state index >= 15 is 0 Å². The number of methoxy groups -OCH3 is 1. The van der Waals surface area contributed by atoms with E-state index < -0.39 is 0 Å². The molecule has 0 amide bonds. The molecule has 0 radical (unpaired) electrons. The highest BCUT2D eigenvalue weighted by atomic mass is 16.5. The Hall–Kier alpha value is -1.90. The first-order valence-corrected chi connectivity index (χ1v) is 4.28. The predicted molar refractivity (Wildman–Crippen MR) is 56.6 cm³/mol. The summed E-state index contributed by atoms with van der Waals surface area (Å²) < 4.78 is 5.15. The molecule has 0 fully saturated rings. The molecule has 0 atom stereocenters. The molecule has 3 N–H and O–H groups in total. The molecule has 2 rings (SSSR count). The molecule has 3 nitrogen and oxygen atoms in total. The lowest BCUT2D eigenvalue weighted by atomic mass is 10.1. The molecule has 0 heterocycles. The average Bonchev–Trinajstić information content (AvgIpc) is 2.19. The number of benzene rings is 2. The van der Waals surface area contributed by atoms with Crippen molar-refractivity contribution in [2.24, 2.45) is 0 Å². The summed E-state index contributed by atoms with van der Waals surface area (Å²) in [5.74, 6) is 0.715. The van der Waals surface area contributed by atoms with Gasteiger partial charge >= 0.3 is 0 Å². The molecule has 72 valence electrons. The molecular formula is C11H11NO2. The Bertz CT molecular complexity index is 480. The van der Waals surface area contributed by atoms with Crippen LogP contribution in [0.1, 0.15) is 0 Å². The van der Waals surface area contributed by atoms with Crippen LogP contribution in [-0.4, -0.2) is 12.2 Å². The fourth-order valence-electron chi connectivity index (χ4n) is 1.56. The maximum atomic E-state index is 9.67. The zero-order valence-electron chi connectivity index (χ0n) is 7.82. The number of phenolic OH excluding ortho intramolecular Hbond substituents is 1. The Balaban J connectivity index is 2.91. The summed E-state index contributed by atoms with van der Waals surface area (Å²) >= 11 is 0. The van der Waals surface area contributed by atoms with Gasteiger partial charge in [0.25, 0.3) is 0 Å². The Morgan fingerprint density at radius 1 is 1.21 bits per heavy atom. The van der Waals surface area contributed by atoms with Crippen molar-refractivity contribution in [2.75, 3.05) is 12.8 Å². The van der Waals surface area contributed by atoms with E-state index in [1.165, 1.54) is 7.11 Å². The van der Waals surface area contributed by atoms with Gasteiger partial charge in [-0.3, -0.25) is 0 Å².